The number of carbonyl (C=O) groups excluding carboxylic acids is 2. The van der Waals surface area contributed by atoms with Crippen LogP contribution in [0, 0.1) is 11.3 Å². The second kappa shape index (κ2) is 7.90. The molecule has 0 aromatic carbocycles. The Balaban J connectivity index is 1.43. The minimum absolute atomic E-state index is 0.187. The molecule has 1 aliphatic carbocycles. The summed E-state index contributed by atoms with van der Waals surface area (Å²) in [7, 11) is 0. The summed E-state index contributed by atoms with van der Waals surface area (Å²) >= 11 is 1.38. The molecule has 2 aromatic heterocycles. The molecule has 4 rings (SSSR count). The maximum absolute atomic E-state index is 12.2. The summed E-state index contributed by atoms with van der Waals surface area (Å²) in [6.45, 7) is 1.52. The Morgan fingerprint density at radius 3 is 2.96 bits per heavy atom. The third kappa shape index (κ3) is 3.80. The fourth-order valence-electron chi connectivity index (χ4n) is 3.28. The molecule has 1 atom stereocenters. The van der Waals surface area contributed by atoms with Gasteiger partial charge in [-0.05, 0) is 43.0 Å². The molecule has 8 heteroatoms. The lowest BCUT2D eigenvalue weighted by molar-refractivity contribution is -0.111. The number of rotatable bonds is 4. The van der Waals surface area contributed by atoms with Crippen LogP contribution in [0.4, 0.5) is 9.80 Å². The number of carbonyl (C=O) groups is 2. The number of thiophene rings is 1. The van der Waals surface area contributed by atoms with Crippen LogP contribution in [0.3, 0.4) is 0 Å². The van der Waals surface area contributed by atoms with Crippen LogP contribution >= 0.6 is 11.3 Å². The summed E-state index contributed by atoms with van der Waals surface area (Å²) in [6.07, 6.45) is 6.97. The molecule has 0 saturated carbocycles. The first kappa shape index (κ1) is 18.3. The zero-order valence-corrected chi connectivity index (χ0v) is 16.0. The van der Waals surface area contributed by atoms with Gasteiger partial charge in [-0.1, -0.05) is 0 Å². The highest BCUT2D eigenvalue weighted by Gasteiger charge is 2.30. The topological polar surface area (TPSA) is 95.6 Å². The Labute approximate surface area is 166 Å². The fraction of sp³-hybridized carbons (Fsp3) is 0.350. The Morgan fingerprint density at radius 2 is 2.29 bits per heavy atom. The van der Waals surface area contributed by atoms with Crippen LogP contribution in [-0.2, 0) is 22.4 Å². The average Bonchev–Trinajstić information content (AvgIpc) is 3.25. The Kier molecular flexibility index (Phi) is 5.17. The van der Waals surface area contributed by atoms with Crippen LogP contribution in [0.1, 0.15) is 34.6 Å². The molecule has 1 N–H and O–H groups in total. The highest BCUT2D eigenvalue weighted by Crippen LogP contribution is 2.38. The van der Waals surface area contributed by atoms with E-state index in [0.29, 0.717) is 35.6 Å². The van der Waals surface area contributed by atoms with Gasteiger partial charge in [0.15, 0.2) is 0 Å². The monoisotopic (exact) mass is 397 g/mol. The first-order valence-electron chi connectivity index (χ1n) is 9.17. The summed E-state index contributed by atoms with van der Waals surface area (Å²) in [5.41, 5.74) is 1.46. The number of nitrogens with zero attached hydrogens (tertiary/aromatic N) is 2. The third-order valence-corrected chi connectivity index (χ3v) is 6.06. The number of furan rings is 1. The van der Waals surface area contributed by atoms with E-state index in [4.69, 9.17) is 9.15 Å². The van der Waals surface area contributed by atoms with Crippen LogP contribution in [0.15, 0.2) is 28.9 Å². The van der Waals surface area contributed by atoms with Crippen molar-refractivity contribution in [3.05, 3.63) is 46.2 Å². The van der Waals surface area contributed by atoms with Crippen LogP contribution in [0.5, 0.6) is 0 Å². The van der Waals surface area contributed by atoms with Crippen LogP contribution in [0.2, 0.25) is 0 Å². The lowest BCUT2D eigenvalue weighted by Gasteiger charge is -2.32. The summed E-state index contributed by atoms with van der Waals surface area (Å²) in [4.78, 5) is 26.9. The highest BCUT2D eigenvalue weighted by molar-refractivity contribution is 7.16. The van der Waals surface area contributed by atoms with Gasteiger partial charge >= 0.3 is 6.09 Å². The van der Waals surface area contributed by atoms with Crippen molar-refractivity contribution in [2.24, 2.45) is 0 Å². The minimum Gasteiger partial charge on any atom is -0.465 e. The number of nitriles is 1. The molecule has 1 aliphatic heterocycles. The number of amides is 2. The van der Waals surface area contributed by atoms with Gasteiger partial charge in [-0.2, -0.15) is 5.26 Å². The molecule has 2 aromatic rings. The molecule has 1 saturated heterocycles. The Morgan fingerprint density at radius 1 is 1.43 bits per heavy atom. The van der Waals surface area contributed by atoms with Crippen molar-refractivity contribution in [1.82, 2.24) is 4.90 Å². The van der Waals surface area contributed by atoms with Crippen molar-refractivity contribution in [3.63, 3.8) is 0 Å². The van der Waals surface area contributed by atoms with E-state index in [0.717, 1.165) is 30.0 Å². The molecule has 1 unspecified atom stereocenters. The maximum Gasteiger partial charge on any atom is 0.410 e. The standard InChI is InChI=1S/C20H19N3O4S/c21-12-16-15-6-4-14(27-20(25)23-8-2-9-23)11-17(15)28-19(16)22-18(24)7-5-13-3-1-10-26-13/h1,3,5,7,10,14H,2,4,6,8-9,11H2,(H,22,24)/b7-5+. The van der Waals surface area contributed by atoms with Crippen molar-refractivity contribution in [1.29, 1.82) is 5.26 Å². The molecule has 0 bridgehead atoms. The van der Waals surface area contributed by atoms with Gasteiger partial charge < -0.3 is 19.4 Å². The number of likely N-dealkylation sites (tertiary alicyclic amines) is 1. The van der Waals surface area contributed by atoms with Gasteiger partial charge in [0.2, 0.25) is 5.91 Å². The van der Waals surface area contributed by atoms with E-state index in [1.807, 2.05) is 0 Å². The molecule has 0 radical (unpaired) electrons. The summed E-state index contributed by atoms with van der Waals surface area (Å²) in [5, 5.41) is 12.9. The molecule has 28 heavy (non-hydrogen) atoms. The normalized spacial score (nSPS) is 18.2. The summed E-state index contributed by atoms with van der Waals surface area (Å²) in [6, 6.07) is 5.69. The van der Waals surface area contributed by atoms with Crippen molar-refractivity contribution < 1.29 is 18.7 Å². The number of anilines is 1. The fourth-order valence-corrected chi connectivity index (χ4v) is 4.54. The Hall–Kier alpha value is -3.05. The summed E-state index contributed by atoms with van der Waals surface area (Å²) in [5.74, 6) is 0.250. The van der Waals surface area contributed by atoms with Crippen LogP contribution in [-0.4, -0.2) is 36.1 Å². The van der Waals surface area contributed by atoms with Gasteiger partial charge in [0.05, 0.1) is 11.8 Å². The van der Waals surface area contributed by atoms with Gasteiger partial charge in [-0.15, -0.1) is 11.3 Å². The number of hydrogen-bond donors (Lipinski definition) is 1. The average molecular weight is 397 g/mol. The van der Waals surface area contributed by atoms with Crippen molar-refractivity contribution in [2.45, 2.75) is 31.8 Å². The lowest BCUT2D eigenvalue weighted by atomic mass is 9.94. The molecule has 3 heterocycles. The molecule has 144 valence electrons. The predicted molar refractivity (Wildman–Crippen MR) is 104 cm³/mol. The minimum atomic E-state index is -0.327. The molecule has 2 amide bonds. The number of hydrogen-bond acceptors (Lipinski definition) is 6. The SMILES string of the molecule is N#Cc1c(NC(=O)/C=C/c2ccco2)sc2c1CCC(OC(=O)N1CCC1)C2. The number of nitrogens with one attached hydrogen (secondary N) is 1. The number of ether oxygens (including phenoxy) is 1. The quantitative estimate of drug-likeness (QED) is 0.796. The largest absolute Gasteiger partial charge is 0.465 e. The van der Waals surface area contributed by atoms with E-state index < -0.39 is 0 Å². The van der Waals surface area contributed by atoms with Gasteiger partial charge in [-0.25, -0.2) is 4.79 Å². The number of fused-ring (bicyclic) bond motifs is 1. The van der Waals surface area contributed by atoms with Gasteiger partial charge in [0, 0.05) is 30.5 Å². The molecule has 7 nitrogen and oxygen atoms in total. The van der Waals surface area contributed by atoms with Gasteiger partial charge in [0.1, 0.15) is 22.9 Å². The van der Waals surface area contributed by atoms with E-state index in [9.17, 15) is 14.9 Å². The second-order valence-corrected chi connectivity index (χ2v) is 7.85. The smallest absolute Gasteiger partial charge is 0.410 e. The predicted octanol–water partition coefficient (Wildman–Crippen LogP) is 3.56. The zero-order chi connectivity index (χ0) is 19.5. The van der Waals surface area contributed by atoms with Crippen LogP contribution < -0.4 is 5.32 Å². The van der Waals surface area contributed by atoms with E-state index >= 15 is 0 Å². The second-order valence-electron chi connectivity index (χ2n) is 6.75. The Bertz CT molecular complexity index is 951. The van der Waals surface area contributed by atoms with Crippen molar-refractivity contribution >= 4 is 34.4 Å². The van der Waals surface area contributed by atoms with Gasteiger partial charge in [-0.3, -0.25) is 4.79 Å². The zero-order valence-electron chi connectivity index (χ0n) is 15.1. The van der Waals surface area contributed by atoms with Crippen molar-refractivity contribution in [2.75, 3.05) is 18.4 Å². The first-order valence-corrected chi connectivity index (χ1v) is 9.98. The molecule has 1 fully saturated rings. The highest BCUT2D eigenvalue weighted by atomic mass is 32.1. The molecule has 0 spiro atoms. The van der Waals surface area contributed by atoms with Gasteiger partial charge in [0.25, 0.3) is 0 Å². The van der Waals surface area contributed by atoms with E-state index in [1.165, 1.54) is 23.7 Å². The van der Waals surface area contributed by atoms with Crippen molar-refractivity contribution in [3.8, 4) is 6.07 Å². The first-order chi connectivity index (χ1) is 13.6. The van der Waals surface area contributed by atoms with E-state index in [-0.39, 0.29) is 18.1 Å². The lowest BCUT2D eigenvalue weighted by Crippen LogP contribution is -2.44. The van der Waals surface area contributed by atoms with Crippen LogP contribution in [0.25, 0.3) is 6.08 Å². The maximum atomic E-state index is 12.2. The third-order valence-electron chi connectivity index (χ3n) is 4.89. The molecular formula is C20H19N3O4S. The molecular weight excluding hydrogens is 378 g/mol. The summed E-state index contributed by atoms with van der Waals surface area (Å²) < 4.78 is 10.8. The van der Waals surface area contributed by atoms with E-state index in [1.54, 1.807) is 23.1 Å². The van der Waals surface area contributed by atoms with E-state index in [2.05, 4.69) is 11.4 Å². The molecule has 2 aliphatic rings.